The molecule has 0 spiro atoms. The lowest BCUT2D eigenvalue weighted by atomic mass is 10.1. The van der Waals surface area contributed by atoms with Gasteiger partial charge in [-0.25, -0.2) is 13.2 Å². The minimum atomic E-state index is -3.28. The van der Waals surface area contributed by atoms with Gasteiger partial charge in [-0.3, -0.25) is 4.79 Å². The van der Waals surface area contributed by atoms with E-state index in [1.54, 1.807) is 24.3 Å². The lowest BCUT2D eigenvalue weighted by Crippen LogP contribution is -2.41. The molecular weight excluding hydrogens is 294 g/mol. The van der Waals surface area contributed by atoms with Crippen LogP contribution in [0.5, 0.6) is 0 Å². The molecule has 1 amide bonds. The van der Waals surface area contributed by atoms with Crippen molar-refractivity contribution in [2.24, 2.45) is 0 Å². The zero-order chi connectivity index (χ0) is 16.0. The van der Waals surface area contributed by atoms with Crippen LogP contribution in [0.1, 0.15) is 29.3 Å². The van der Waals surface area contributed by atoms with Crippen LogP contribution in [0.15, 0.2) is 24.3 Å². The Morgan fingerprint density at radius 1 is 1.24 bits per heavy atom. The molecule has 0 bridgehead atoms. The normalized spacial score (nSPS) is 12.7. The molecule has 21 heavy (non-hydrogen) atoms. The van der Waals surface area contributed by atoms with E-state index in [2.05, 4.69) is 5.32 Å². The zero-order valence-electron chi connectivity index (χ0n) is 12.0. The van der Waals surface area contributed by atoms with E-state index in [0.29, 0.717) is 5.56 Å². The fourth-order valence-corrected chi connectivity index (χ4v) is 2.39. The molecule has 1 unspecified atom stereocenters. The maximum absolute atomic E-state index is 12.0. The fourth-order valence-electron chi connectivity index (χ4n) is 1.72. The van der Waals surface area contributed by atoms with Gasteiger partial charge in [0.1, 0.15) is 15.9 Å². The van der Waals surface area contributed by atoms with Crippen LogP contribution >= 0.6 is 0 Å². The second-order valence-corrected chi connectivity index (χ2v) is 7.09. The molecule has 1 aromatic rings. The van der Waals surface area contributed by atoms with Gasteiger partial charge in [0.2, 0.25) is 0 Å². The van der Waals surface area contributed by atoms with E-state index < -0.39 is 27.8 Å². The topological polar surface area (TPSA) is 101 Å². The number of hydrogen-bond acceptors (Lipinski definition) is 4. The Morgan fingerprint density at radius 2 is 1.81 bits per heavy atom. The minimum absolute atomic E-state index is 0.160. The van der Waals surface area contributed by atoms with E-state index in [4.69, 9.17) is 5.11 Å². The molecule has 0 saturated heterocycles. The molecule has 1 aromatic carbocycles. The van der Waals surface area contributed by atoms with Crippen LogP contribution in [0.3, 0.4) is 0 Å². The first-order chi connectivity index (χ1) is 9.73. The molecule has 0 fully saturated rings. The average Bonchev–Trinajstić information content (AvgIpc) is 2.42. The van der Waals surface area contributed by atoms with Crippen LogP contribution in [-0.4, -0.2) is 43.5 Å². The lowest BCUT2D eigenvalue weighted by Gasteiger charge is -2.14. The summed E-state index contributed by atoms with van der Waals surface area (Å²) in [5.74, 6) is -2.07. The molecule has 0 aromatic heterocycles. The second kappa shape index (κ2) is 7.21. The first kappa shape index (κ1) is 17.2. The largest absolute Gasteiger partial charge is 0.480 e. The molecule has 2 N–H and O–H groups in total. The number of sulfone groups is 1. The van der Waals surface area contributed by atoms with E-state index in [1.807, 2.05) is 6.92 Å². The second-order valence-electron chi connectivity index (χ2n) is 4.83. The van der Waals surface area contributed by atoms with Crippen molar-refractivity contribution in [2.75, 3.05) is 12.0 Å². The van der Waals surface area contributed by atoms with E-state index in [9.17, 15) is 18.0 Å². The highest BCUT2D eigenvalue weighted by Crippen LogP contribution is 2.06. The summed E-state index contributed by atoms with van der Waals surface area (Å²) < 4.78 is 22.2. The summed E-state index contributed by atoms with van der Waals surface area (Å²) >= 11 is 0. The third-order valence-corrected chi connectivity index (χ3v) is 3.98. The van der Waals surface area contributed by atoms with Crippen molar-refractivity contribution in [3.63, 3.8) is 0 Å². The van der Waals surface area contributed by atoms with Gasteiger partial charge in [-0.1, -0.05) is 19.1 Å². The number of aryl methyl sites for hydroxylation is 1. The number of nitrogens with one attached hydrogen (secondary N) is 1. The fraction of sp³-hybridized carbons (Fsp3) is 0.429. The first-order valence-corrected chi connectivity index (χ1v) is 8.59. The van der Waals surface area contributed by atoms with Crippen molar-refractivity contribution >= 4 is 21.7 Å². The van der Waals surface area contributed by atoms with Gasteiger partial charge in [0.25, 0.3) is 5.91 Å². The van der Waals surface area contributed by atoms with E-state index in [0.717, 1.165) is 18.2 Å². The number of carboxylic acid groups (broad SMARTS) is 1. The zero-order valence-corrected chi connectivity index (χ0v) is 12.8. The third kappa shape index (κ3) is 5.95. The minimum Gasteiger partial charge on any atom is -0.480 e. The summed E-state index contributed by atoms with van der Waals surface area (Å²) in [5, 5.41) is 11.4. The SMILES string of the molecule is CCc1ccc(C(=O)NC(CCS(C)(=O)=O)C(=O)O)cc1. The standard InChI is InChI=1S/C14H19NO5S/c1-3-10-4-6-11(7-5-10)13(16)15-12(14(17)18)8-9-21(2,19)20/h4-7,12H,3,8-9H2,1-2H3,(H,15,16)(H,17,18). The van der Waals surface area contributed by atoms with Crippen LogP contribution in [0.4, 0.5) is 0 Å². The molecule has 0 saturated carbocycles. The van der Waals surface area contributed by atoms with E-state index in [1.165, 1.54) is 0 Å². The third-order valence-electron chi connectivity index (χ3n) is 3.01. The Hall–Kier alpha value is -1.89. The number of carbonyl (C=O) groups is 2. The number of hydrogen-bond donors (Lipinski definition) is 2. The summed E-state index contributed by atoms with van der Waals surface area (Å²) in [6, 6.07) is 5.59. The molecule has 116 valence electrons. The predicted molar refractivity (Wildman–Crippen MR) is 79.0 cm³/mol. The van der Waals surface area contributed by atoms with Crippen molar-refractivity contribution < 1.29 is 23.1 Å². The quantitative estimate of drug-likeness (QED) is 0.778. The van der Waals surface area contributed by atoms with Crippen molar-refractivity contribution in [1.82, 2.24) is 5.32 Å². The number of carboxylic acids is 1. The first-order valence-electron chi connectivity index (χ1n) is 6.53. The summed E-state index contributed by atoms with van der Waals surface area (Å²) in [7, 11) is -3.28. The number of benzene rings is 1. The Morgan fingerprint density at radius 3 is 2.24 bits per heavy atom. The molecule has 0 heterocycles. The van der Waals surface area contributed by atoms with Gasteiger partial charge in [-0.2, -0.15) is 0 Å². The van der Waals surface area contributed by atoms with Crippen LogP contribution < -0.4 is 5.32 Å². The Labute approximate surface area is 124 Å². The van der Waals surface area contributed by atoms with Crippen molar-refractivity contribution in [3.8, 4) is 0 Å². The average molecular weight is 313 g/mol. The summed E-state index contributed by atoms with van der Waals surface area (Å²) in [6.45, 7) is 1.99. The van der Waals surface area contributed by atoms with Gasteiger partial charge in [-0.15, -0.1) is 0 Å². The maximum Gasteiger partial charge on any atom is 0.326 e. The Bertz CT molecular complexity index is 607. The van der Waals surface area contributed by atoms with Gasteiger partial charge in [0.15, 0.2) is 0 Å². The molecule has 1 atom stereocenters. The summed E-state index contributed by atoms with van der Waals surface area (Å²) in [4.78, 5) is 23.0. The van der Waals surface area contributed by atoms with E-state index in [-0.39, 0.29) is 12.2 Å². The highest BCUT2D eigenvalue weighted by atomic mass is 32.2. The van der Waals surface area contributed by atoms with Gasteiger partial charge in [0.05, 0.1) is 5.75 Å². The molecule has 0 aliphatic rings. The maximum atomic E-state index is 12.0. The van der Waals surface area contributed by atoms with Gasteiger partial charge >= 0.3 is 5.97 Å². The Kier molecular flexibility index (Phi) is 5.90. The summed E-state index contributed by atoms with van der Waals surface area (Å²) in [6.07, 6.45) is 1.71. The van der Waals surface area contributed by atoms with Crippen LogP contribution in [0, 0.1) is 0 Å². The van der Waals surface area contributed by atoms with Gasteiger partial charge in [-0.05, 0) is 30.5 Å². The molecule has 7 heteroatoms. The monoisotopic (exact) mass is 313 g/mol. The molecular formula is C14H19NO5S. The van der Waals surface area contributed by atoms with Crippen LogP contribution in [-0.2, 0) is 21.1 Å². The number of carbonyl (C=O) groups excluding carboxylic acids is 1. The van der Waals surface area contributed by atoms with Gasteiger partial charge < -0.3 is 10.4 Å². The van der Waals surface area contributed by atoms with Crippen LogP contribution in [0.25, 0.3) is 0 Å². The number of amides is 1. The van der Waals surface area contributed by atoms with Crippen molar-refractivity contribution in [2.45, 2.75) is 25.8 Å². The van der Waals surface area contributed by atoms with E-state index >= 15 is 0 Å². The molecule has 0 radical (unpaired) electrons. The smallest absolute Gasteiger partial charge is 0.326 e. The molecule has 0 aliphatic carbocycles. The lowest BCUT2D eigenvalue weighted by molar-refractivity contribution is -0.139. The number of rotatable bonds is 7. The predicted octanol–water partition coefficient (Wildman–Crippen LogP) is 0.867. The number of aliphatic carboxylic acids is 1. The molecule has 6 nitrogen and oxygen atoms in total. The Balaban J connectivity index is 2.73. The highest BCUT2D eigenvalue weighted by Gasteiger charge is 2.22. The summed E-state index contributed by atoms with van der Waals surface area (Å²) in [5.41, 5.74) is 1.41. The van der Waals surface area contributed by atoms with Crippen molar-refractivity contribution in [3.05, 3.63) is 35.4 Å². The molecule has 1 rings (SSSR count). The molecule has 0 aliphatic heterocycles. The van der Waals surface area contributed by atoms with Crippen molar-refractivity contribution in [1.29, 1.82) is 0 Å². The van der Waals surface area contributed by atoms with Crippen LogP contribution in [0.2, 0.25) is 0 Å². The van der Waals surface area contributed by atoms with Gasteiger partial charge in [0, 0.05) is 11.8 Å². The highest BCUT2D eigenvalue weighted by molar-refractivity contribution is 7.90.